The first kappa shape index (κ1) is 20.7. The summed E-state index contributed by atoms with van der Waals surface area (Å²) in [6.45, 7) is 3.97. The summed E-state index contributed by atoms with van der Waals surface area (Å²) in [4.78, 5) is 17.7. The van der Waals surface area contributed by atoms with Crippen LogP contribution in [0, 0.1) is 17.0 Å². The number of sulfonamides is 1. The van der Waals surface area contributed by atoms with Crippen LogP contribution in [-0.4, -0.2) is 59.0 Å². The summed E-state index contributed by atoms with van der Waals surface area (Å²) in [6.07, 6.45) is 4.39. The molecule has 3 heterocycles. The first-order valence-corrected chi connectivity index (χ1v) is 11.7. The molecule has 1 aromatic heterocycles. The number of H-pyrrole nitrogens is 1. The van der Waals surface area contributed by atoms with Crippen LogP contribution >= 0.6 is 0 Å². The van der Waals surface area contributed by atoms with E-state index in [1.165, 1.54) is 16.4 Å². The largest absolute Gasteiger partial charge is 0.365 e. The van der Waals surface area contributed by atoms with Crippen molar-refractivity contribution >= 4 is 21.4 Å². The Morgan fingerprint density at radius 2 is 1.93 bits per heavy atom. The zero-order valence-corrected chi connectivity index (χ0v) is 17.8. The molecule has 2 aromatic rings. The molecule has 162 valence electrons. The highest BCUT2D eigenvalue weighted by Gasteiger charge is 2.32. The number of nitrogens with zero attached hydrogens (tertiary/aromatic N) is 5. The van der Waals surface area contributed by atoms with Gasteiger partial charge in [-0.05, 0) is 44.7 Å². The Kier molecular flexibility index (Phi) is 5.74. The molecule has 2 aliphatic rings. The molecule has 0 aliphatic carbocycles. The summed E-state index contributed by atoms with van der Waals surface area (Å²) in [5, 5.41) is 18.9. The Labute approximate surface area is 175 Å². The molecule has 4 rings (SSSR count). The van der Waals surface area contributed by atoms with Gasteiger partial charge in [0.05, 0.1) is 9.82 Å². The average molecular weight is 435 g/mol. The lowest BCUT2D eigenvalue weighted by Crippen LogP contribution is -2.36. The van der Waals surface area contributed by atoms with E-state index in [-0.39, 0.29) is 16.5 Å². The van der Waals surface area contributed by atoms with Gasteiger partial charge in [-0.15, -0.1) is 0 Å². The Bertz CT molecular complexity index is 1030. The van der Waals surface area contributed by atoms with Crippen LogP contribution in [0.5, 0.6) is 0 Å². The second-order valence-electron chi connectivity index (χ2n) is 7.94. The van der Waals surface area contributed by atoms with Crippen LogP contribution in [-0.2, 0) is 10.0 Å². The van der Waals surface area contributed by atoms with E-state index in [1.807, 2.05) is 11.8 Å². The number of piperidine rings is 2. The zero-order chi connectivity index (χ0) is 21.3. The van der Waals surface area contributed by atoms with Crippen molar-refractivity contribution in [1.82, 2.24) is 19.5 Å². The van der Waals surface area contributed by atoms with Crippen LogP contribution in [0.2, 0.25) is 0 Å². The van der Waals surface area contributed by atoms with Crippen molar-refractivity contribution in [3.05, 3.63) is 40.0 Å². The van der Waals surface area contributed by atoms with Crippen molar-refractivity contribution < 1.29 is 13.3 Å². The van der Waals surface area contributed by atoms with Crippen molar-refractivity contribution in [1.29, 1.82) is 0 Å². The van der Waals surface area contributed by atoms with Crippen molar-refractivity contribution in [3.8, 4) is 0 Å². The third-order valence-corrected chi connectivity index (χ3v) is 7.73. The van der Waals surface area contributed by atoms with Crippen molar-refractivity contribution in [2.75, 3.05) is 31.1 Å². The van der Waals surface area contributed by atoms with Crippen molar-refractivity contribution in [3.63, 3.8) is 0 Å². The van der Waals surface area contributed by atoms with Crippen LogP contribution in [0.25, 0.3) is 0 Å². The number of benzene rings is 1. The van der Waals surface area contributed by atoms with Gasteiger partial charge >= 0.3 is 0 Å². The molecule has 0 spiro atoms. The Balaban J connectivity index is 1.63. The summed E-state index contributed by atoms with van der Waals surface area (Å²) in [5.74, 6) is 1.52. The molecule has 1 N–H and O–H groups in total. The van der Waals surface area contributed by atoms with Crippen molar-refractivity contribution in [2.24, 2.45) is 0 Å². The van der Waals surface area contributed by atoms with Crippen LogP contribution in [0.15, 0.2) is 23.1 Å². The lowest BCUT2D eigenvalue weighted by molar-refractivity contribution is -0.384. The molecule has 0 bridgehead atoms. The minimum Gasteiger partial charge on any atom is -0.365 e. The highest BCUT2D eigenvalue weighted by atomic mass is 32.2. The fourth-order valence-electron chi connectivity index (χ4n) is 4.28. The predicted molar refractivity (Wildman–Crippen MR) is 111 cm³/mol. The lowest BCUT2D eigenvalue weighted by atomic mass is 9.96. The molecule has 0 radical (unpaired) electrons. The van der Waals surface area contributed by atoms with Gasteiger partial charge in [0.15, 0.2) is 5.82 Å². The van der Waals surface area contributed by atoms with E-state index in [4.69, 9.17) is 0 Å². The van der Waals surface area contributed by atoms with E-state index < -0.39 is 14.9 Å². The van der Waals surface area contributed by atoms with Gasteiger partial charge in [0.1, 0.15) is 11.5 Å². The van der Waals surface area contributed by atoms with Gasteiger partial charge in [-0.25, -0.2) is 13.4 Å². The molecule has 1 atom stereocenters. The molecule has 1 unspecified atom stereocenters. The lowest BCUT2D eigenvalue weighted by Gasteiger charge is -2.33. The number of aromatic nitrogens is 3. The third-order valence-electron chi connectivity index (χ3n) is 5.84. The number of anilines is 1. The van der Waals surface area contributed by atoms with Gasteiger partial charge in [0, 0.05) is 38.2 Å². The Morgan fingerprint density at radius 3 is 2.60 bits per heavy atom. The molecule has 2 saturated heterocycles. The topological polar surface area (TPSA) is 125 Å². The number of hydrogen-bond donors (Lipinski definition) is 1. The number of nitro groups is 1. The van der Waals surface area contributed by atoms with Crippen LogP contribution in [0.1, 0.15) is 49.7 Å². The average Bonchev–Trinajstić information content (AvgIpc) is 3.20. The monoisotopic (exact) mass is 434 g/mol. The third kappa shape index (κ3) is 4.04. The molecule has 2 aliphatic heterocycles. The van der Waals surface area contributed by atoms with E-state index >= 15 is 0 Å². The van der Waals surface area contributed by atoms with Gasteiger partial charge in [0.25, 0.3) is 5.69 Å². The van der Waals surface area contributed by atoms with Gasteiger partial charge < -0.3 is 4.90 Å². The van der Waals surface area contributed by atoms with Crippen LogP contribution < -0.4 is 4.90 Å². The second-order valence-corrected chi connectivity index (χ2v) is 9.87. The molecular formula is C19H26N6O4S. The predicted octanol–water partition coefficient (Wildman–Crippen LogP) is 2.58. The summed E-state index contributed by atoms with van der Waals surface area (Å²) >= 11 is 0. The van der Waals surface area contributed by atoms with Gasteiger partial charge in [-0.2, -0.15) is 9.40 Å². The zero-order valence-electron chi connectivity index (χ0n) is 17.0. The molecule has 2 fully saturated rings. The fourth-order valence-corrected chi connectivity index (χ4v) is 5.82. The van der Waals surface area contributed by atoms with E-state index in [9.17, 15) is 18.5 Å². The highest BCUT2D eigenvalue weighted by molar-refractivity contribution is 7.89. The molecular weight excluding hydrogens is 408 g/mol. The summed E-state index contributed by atoms with van der Waals surface area (Å²) in [7, 11) is -3.73. The fraction of sp³-hybridized carbons (Fsp3) is 0.579. The maximum Gasteiger partial charge on any atom is 0.293 e. The first-order valence-electron chi connectivity index (χ1n) is 10.3. The normalized spacial score (nSPS) is 21.0. The number of nitro benzene ring substituents is 1. The SMILES string of the molecule is Cc1nc(C2CCCN(c3ccc(S(=O)(=O)N4CCCCC4)cc3[N+](=O)[O-])C2)n[nH]1. The van der Waals surface area contributed by atoms with Gasteiger partial charge in [-0.3, -0.25) is 15.2 Å². The highest BCUT2D eigenvalue weighted by Crippen LogP contribution is 2.36. The van der Waals surface area contributed by atoms with E-state index in [0.717, 1.165) is 37.9 Å². The minimum absolute atomic E-state index is 0.0157. The minimum atomic E-state index is -3.73. The van der Waals surface area contributed by atoms with Crippen LogP contribution in [0.4, 0.5) is 11.4 Å². The molecule has 0 amide bonds. The smallest absolute Gasteiger partial charge is 0.293 e. The Hall–Kier alpha value is -2.53. The summed E-state index contributed by atoms with van der Waals surface area (Å²) in [6, 6.07) is 4.27. The van der Waals surface area contributed by atoms with E-state index in [2.05, 4.69) is 15.2 Å². The number of aryl methyl sites for hydroxylation is 1. The number of rotatable bonds is 5. The first-order chi connectivity index (χ1) is 14.4. The standard InChI is InChI=1S/C19H26N6O4S/c1-14-20-19(22-21-14)15-6-5-9-23(13-15)17-8-7-16(12-18(17)25(26)27)30(28,29)24-10-3-2-4-11-24/h7-8,12,15H,2-6,9-11,13H2,1H3,(H,20,21,22). The van der Waals surface area contributed by atoms with Gasteiger partial charge in [-0.1, -0.05) is 6.42 Å². The molecule has 0 saturated carbocycles. The maximum absolute atomic E-state index is 13.0. The summed E-state index contributed by atoms with van der Waals surface area (Å²) < 4.78 is 27.3. The van der Waals surface area contributed by atoms with E-state index in [0.29, 0.717) is 37.7 Å². The molecule has 10 nitrogen and oxygen atoms in total. The second kappa shape index (κ2) is 8.31. The molecule has 11 heteroatoms. The molecule has 1 aromatic carbocycles. The summed E-state index contributed by atoms with van der Waals surface area (Å²) in [5.41, 5.74) is 0.259. The van der Waals surface area contributed by atoms with E-state index in [1.54, 1.807) is 6.07 Å². The molecule has 30 heavy (non-hydrogen) atoms. The quantitative estimate of drug-likeness (QED) is 0.566. The maximum atomic E-state index is 13.0. The van der Waals surface area contributed by atoms with Crippen molar-refractivity contribution in [2.45, 2.75) is 49.8 Å². The van der Waals surface area contributed by atoms with Gasteiger partial charge in [0.2, 0.25) is 10.0 Å². The number of aromatic amines is 1. The Morgan fingerprint density at radius 1 is 1.17 bits per heavy atom. The van der Waals surface area contributed by atoms with Crippen LogP contribution in [0.3, 0.4) is 0 Å². The number of nitrogens with one attached hydrogen (secondary N) is 1. The number of hydrogen-bond acceptors (Lipinski definition) is 7.